The number of nitrogens with one attached hydrogen (secondary N) is 2. The van der Waals surface area contributed by atoms with Crippen molar-refractivity contribution in [1.29, 1.82) is 0 Å². The van der Waals surface area contributed by atoms with Crippen LogP contribution in [0.1, 0.15) is 19.4 Å². The average molecular weight is 542 g/mol. The van der Waals surface area contributed by atoms with Gasteiger partial charge in [0.25, 0.3) is 0 Å². The number of hydrogen-bond acceptors (Lipinski definition) is 7. The van der Waals surface area contributed by atoms with Crippen molar-refractivity contribution in [2.24, 2.45) is 0 Å². The van der Waals surface area contributed by atoms with Crippen molar-refractivity contribution >= 4 is 49.9 Å². The van der Waals surface area contributed by atoms with Gasteiger partial charge in [-0.15, -0.1) is 0 Å². The van der Waals surface area contributed by atoms with Gasteiger partial charge in [-0.3, -0.25) is 4.79 Å². The standard InChI is InChI=1S/C26H28ClN5O4S/c1-17-6-5-7-19(14-17)36-22-9-8-18(15-20(22)27)31-24-23-21(29-16-30-24)10-12-32(23)13-11-28-25(33)26(2,3)37(4,34)35/h5-10,12,14-16H,11,13H2,1-4H3,(H,28,33)(H,29,30,31). The van der Waals surface area contributed by atoms with Crippen molar-refractivity contribution in [3.8, 4) is 11.5 Å². The molecule has 0 unspecified atom stereocenters. The zero-order chi connectivity index (χ0) is 26.8. The molecular formula is C26H28ClN5O4S. The van der Waals surface area contributed by atoms with Crippen LogP contribution in [-0.2, 0) is 21.2 Å². The summed E-state index contributed by atoms with van der Waals surface area (Å²) in [5, 5.41) is 6.42. The lowest BCUT2D eigenvalue weighted by Gasteiger charge is -2.21. The Morgan fingerprint density at radius 2 is 1.92 bits per heavy atom. The Hall–Kier alpha value is -3.63. The summed E-state index contributed by atoms with van der Waals surface area (Å²) >= 11 is 6.49. The molecule has 0 spiro atoms. The first-order chi connectivity index (χ1) is 17.5. The van der Waals surface area contributed by atoms with Gasteiger partial charge in [0.2, 0.25) is 5.91 Å². The highest BCUT2D eigenvalue weighted by Gasteiger charge is 2.38. The number of carbonyl (C=O) groups is 1. The van der Waals surface area contributed by atoms with Crippen molar-refractivity contribution < 1.29 is 17.9 Å². The molecule has 0 fully saturated rings. The fourth-order valence-corrected chi connectivity index (χ4v) is 4.21. The maximum atomic E-state index is 12.4. The van der Waals surface area contributed by atoms with Gasteiger partial charge in [0.15, 0.2) is 15.7 Å². The summed E-state index contributed by atoms with van der Waals surface area (Å²) in [6.45, 7) is 5.39. The van der Waals surface area contributed by atoms with Crippen LogP contribution in [0.3, 0.4) is 0 Å². The summed E-state index contributed by atoms with van der Waals surface area (Å²) in [4.78, 5) is 21.2. The summed E-state index contributed by atoms with van der Waals surface area (Å²) in [5.74, 6) is 1.23. The quantitative estimate of drug-likeness (QED) is 0.310. The molecule has 2 N–H and O–H groups in total. The van der Waals surface area contributed by atoms with Gasteiger partial charge < -0.3 is 19.9 Å². The summed E-state index contributed by atoms with van der Waals surface area (Å²) < 4.78 is 30.1. The summed E-state index contributed by atoms with van der Waals surface area (Å²) in [6, 6.07) is 14.9. The number of ether oxygens (including phenoxy) is 1. The molecule has 2 heterocycles. The number of rotatable bonds is 9. The molecule has 4 aromatic rings. The maximum absolute atomic E-state index is 12.4. The molecule has 0 aliphatic heterocycles. The minimum Gasteiger partial charge on any atom is -0.456 e. The van der Waals surface area contributed by atoms with Crippen LogP contribution in [-0.4, -0.2) is 46.4 Å². The summed E-state index contributed by atoms with van der Waals surface area (Å²) in [6.07, 6.45) is 4.35. The number of amides is 1. The van der Waals surface area contributed by atoms with E-state index in [4.69, 9.17) is 16.3 Å². The van der Waals surface area contributed by atoms with Crippen LogP contribution in [0, 0.1) is 6.92 Å². The van der Waals surface area contributed by atoms with Crippen molar-refractivity contribution in [2.75, 3.05) is 18.1 Å². The number of fused-ring (bicyclic) bond motifs is 1. The first-order valence-corrected chi connectivity index (χ1v) is 13.8. The fraction of sp³-hybridized carbons (Fsp3) is 0.269. The molecule has 4 rings (SSSR count). The first-order valence-electron chi connectivity index (χ1n) is 11.5. The van der Waals surface area contributed by atoms with E-state index in [1.807, 2.05) is 54.1 Å². The van der Waals surface area contributed by atoms with Crippen LogP contribution in [0.5, 0.6) is 11.5 Å². The second-order valence-electron chi connectivity index (χ2n) is 9.19. The molecule has 194 valence electrons. The molecule has 0 aliphatic rings. The number of anilines is 2. The van der Waals surface area contributed by atoms with Gasteiger partial charge in [-0.25, -0.2) is 18.4 Å². The molecule has 0 saturated carbocycles. The van der Waals surface area contributed by atoms with Crippen LogP contribution >= 0.6 is 11.6 Å². The number of nitrogens with zero attached hydrogens (tertiary/aromatic N) is 3. The van der Waals surface area contributed by atoms with Crippen LogP contribution < -0.4 is 15.4 Å². The minimum absolute atomic E-state index is 0.229. The van der Waals surface area contributed by atoms with Crippen molar-refractivity contribution in [3.63, 3.8) is 0 Å². The van der Waals surface area contributed by atoms with E-state index in [0.717, 1.165) is 17.3 Å². The second kappa shape index (κ2) is 10.4. The molecule has 0 radical (unpaired) electrons. The number of aryl methyl sites for hydroxylation is 1. The maximum Gasteiger partial charge on any atom is 0.240 e. The fourth-order valence-electron chi connectivity index (χ4n) is 3.59. The largest absolute Gasteiger partial charge is 0.456 e. The third kappa shape index (κ3) is 5.86. The Morgan fingerprint density at radius 3 is 2.62 bits per heavy atom. The molecule has 0 atom stereocenters. The normalized spacial score (nSPS) is 11.9. The molecule has 0 aliphatic carbocycles. The van der Waals surface area contributed by atoms with E-state index in [1.54, 1.807) is 12.1 Å². The van der Waals surface area contributed by atoms with Crippen molar-refractivity contribution in [3.05, 3.63) is 71.6 Å². The van der Waals surface area contributed by atoms with Gasteiger partial charge in [-0.05, 0) is 62.7 Å². The lowest BCUT2D eigenvalue weighted by Crippen LogP contribution is -2.48. The number of sulfone groups is 1. The van der Waals surface area contributed by atoms with Crippen LogP contribution in [0.4, 0.5) is 11.5 Å². The molecule has 2 aromatic carbocycles. The van der Waals surface area contributed by atoms with E-state index in [9.17, 15) is 13.2 Å². The number of benzene rings is 2. The second-order valence-corrected chi connectivity index (χ2v) is 12.2. The number of hydrogen-bond donors (Lipinski definition) is 2. The molecule has 9 nitrogen and oxygen atoms in total. The highest BCUT2D eigenvalue weighted by Crippen LogP contribution is 2.33. The van der Waals surface area contributed by atoms with Gasteiger partial charge in [0.1, 0.15) is 28.1 Å². The topological polar surface area (TPSA) is 115 Å². The van der Waals surface area contributed by atoms with Crippen LogP contribution in [0.2, 0.25) is 5.02 Å². The first kappa shape index (κ1) is 26.4. The predicted octanol–water partition coefficient (Wildman–Crippen LogP) is 4.87. The average Bonchev–Trinajstić information content (AvgIpc) is 3.24. The van der Waals surface area contributed by atoms with E-state index in [1.165, 1.54) is 20.2 Å². The number of carbonyl (C=O) groups excluding carboxylic acids is 1. The van der Waals surface area contributed by atoms with Gasteiger partial charge >= 0.3 is 0 Å². The Balaban J connectivity index is 1.50. The number of aromatic nitrogens is 3. The Morgan fingerprint density at radius 1 is 1.14 bits per heavy atom. The van der Waals surface area contributed by atoms with Crippen molar-refractivity contribution in [2.45, 2.75) is 32.1 Å². The zero-order valence-corrected chi connectivity index (χ0v) is 22.5. The van der Waals surface area contributed by atoms with E-state index in [0.29, 0.717) is 40.1 Å². The molecule has 0 bridgehead atoms. The Bertz CT molecular complexity index is 1570. The van der Waals surface area contributed by atoms with Crippen molar-refractivity contribution in [1.82, 2.24) is 19.9 Å². The van der Waals surface area contributed by atoms with E-state index in [2.05, 4.69) is 20.6 Å². The van der Waals surface area contributed by atoms with E-state index < -0.39 is 20.5 Å². The van der Waals surface area contributed by atoms with E-state index >= 15 is 0 Å². The molecule has 2 aromatic heterocycles. The van der Waals surface area contributed by atoms with Gasteiger partial charge in [-0.2, -0.15) is 0 Å². The van der Waals surface area contributed by atoms with Gasteiger partial charge in [0, 0.05) is 31.2 Å². The Labute approximate surface area is 220 Å². The van der Waals surface area contributed by atoms with Gasteiger partial charge in [0.05, 0.1) is 10.5 Å². The van der Waals surface area contributed by atoms with Crippen LogP contribution in [0.25, 0.3) is 11.0 Å². The third-order valence-corrected chi connectivity index (χ3v) is 8.41. The summed E-state index contributed by atoms with van der Waals surface area (Å²) in [7, 11) is -3.56. The monoisotopic (exact) mass is 541 g/mol. The zero-order valence-electron chi connectivity index (χ0n) is 20.9. The minimum atomic E-state index is -3.56. The number of halogens is 1. The molecule has 37 heavy (non-hydrogen) atoms. The highest BCUT2D eigenvalue weighted by molar-refractivity contribution is 7.92. The predicted molar refractivity (Wildman–Crippen MR) is 145 cm³/mol. The lowest BCUT2D eigenvalue weighted by atomic mass is 10.2. The highest BCUT2D eigenvalue weighted by atomic mass is 35.5. The SMILES string of the molecule is Cc1cccc(Oc2ccc(Nc3ncnc4ccn(CCNC(=O)C(C)(C)S(C)(=O)=O)c34)cc2Cl)c1. The van der Waals surface area contributed by atoms with E-state index in [-0.39, 0.29) is 6.54 Å². The summed E-state index contributed by atoms with van der Waals surface area (Å²) in [5.41, 5.74) is 3.24. The molecule has 1 amide bonds. The third-order valence-electron chi connectivity index (χ3n) is 6.07. The lowest BCUT2D eigenvalue weighted by molar-refractivity contribution is -0.122. The van der Waals surface area contributed by atoms with Crippen LogP contribution in [0.15, 0.2) is 61.1 Å². The van der Waals surface area contributed by atoms with Gasteiger partial charge in [-0.1, -0.05) is 23.7 Å². The smallest absolute Gasteiger partial charge is 0.240 e. The Kier molecular flexibility index (Phi) is 7.42. The molecular weight excluding hydrogens is 514 g/mol. The molecule has 0 saturated heterocycles. The molecule has 11 heteroatoms.